The highest BCUT2D eigenvalue weighted by atomic mass is 35.5. The number of hydrogen-bond donors (Lipinski definition) is 2. The first-order chi connectivity index (χ1) is 9.65. The molecular weight excluding hydrogens is 339 g/mol. The largest absolute Gasteiger partial charge is 0.464 e. The van der Waals surface area contributed by atoms with E-state index in [4.69, 9.17) is 21.1 Å². The van der Waals surface area contributed by atoms with Gasteiger partial charge in [0.2, 0.25) is 0 Å². The minimum atomic E-state index is -0.661. The van der Waals surface area contributed by atoms with E-state index in [0.29, 0.717) is 25.4 Å². The van der Waals surface area contributed by atoms with Gasteiger partial charge in [0, 0.05) is 19.0 Å². The minimum absolute atomic E-state index is 0. The molecule has 0 fully saturated rings. The lowest BCUT2D eigenvalue weighted by Crippen LogP contribution is -2.43. The number of hydrogen-bond acceptors (Lipinski definition) is 6. The number of ether oxygens (including phenoxy) is 2. The normalized spacial score (nSPS) is 11.2. The lowest BCUT2D eigenvalue weighted by atomic mass is 10.2. The zero-order chi connectivity index (χ0) is 15.2. The SMILES string of the molecule is CCOC(=O)[C@H](CCSC)NC(=O)OCCNCCCl.Cl. The molecule has 0 aromatic carbocycles. The van der Waals surface area contributed by atoms with E-state index in [1.165, 1.54) is 0 Å². The van der Waals surface area contributed by atoms with Crippen molar-refractivity contribution in [2.45, 2.75) is 19.4 Å². The summed E-state index contributed by atoms with van der Waals surface area (Å²) in [5, 5.41) is 5.51. The summed E-state index contributed by atoms with van der Waals surface area (Å²) in [6.45, 7) is 3.42. The molecule has 0 radical (unpaired) electrons. The van der Waals surface area contributed by atoms with E-state index in [1.807, 2.05) is 6.26 Å². The molecule has 2 N–H and O–H groups in total. The predicted octanol–water partition coefficient (Wildman–Crippen LogP) is 1.65. The second-order valence-electron chi connectivity index (χ2n) is 3.81. The van der Waals surface area contributed by atoms with Crippen molar-refractivity contribution in [1.82, 2.24) is 10.6 Å². The number of amides is 1. The Balaban J connectivity index is 0. The number of nitrogens with one attached hydrogen (secondary N) is 2. The Kier molecular flexibility index (Phi) is 17.5. The summed E-state index contributed by atoms with van der Waals surface area (Å²) >= 11 is 7.09. The summed E-state index contributed by atoms with van der Waals surface area (Å²) in [5.74, 6) is 0.825. The van der Waals surface area contributed by atoms with Crippen LogP contribution in [0.3, 0.4) is 0 Å². The van der Waals surface area contributed by atoms with Crippen LogP contribution >= 0.6 is 35.8 Å². The van der Waals surface area contributed by atoms with Crippen LogP contribution in [-0.2, 0) is 14.3 Å². The van der Waals surface area contributed by atoms with Crippen LogP contribution in [0.25, 0.3) is 0 Å². The van der Waals surface area contributed by atoms with Crippen molar-refractivity contribution in [3.8, 4) is 0 Å². The lowest BCUT2D eigenvalue weighted by molar-refractivity contribution is -0.145. The average molecular weight is 363 g/mol. The maximum absolute atomic E-state index is 11.7. The van der Waals surface area contributed by atoms with Gasteiger partial charge in [-0.2, -0.15) is 11.8 Å². The molecule has 0 heterocycles. The Morgan fingerprint density at radius 1 is 1.29 bits per heavy atom. The van der Waals surface area contributed by atoms with Crippen LogP contribution in [0.2, 0.25) is 0 Å². The quantitative estimate of drug-likeness (QED) is 0.330. The molecule has 0 bridgehead atoms. The number of carbonyl (C=O) groups is 2. The lowest BCUT2D eigenvalue weighted by Gasteiger charge is -2.16. The molecule has 9 heteroatoms. The molecule has 1 amide bonds. The zero-order valence-corrected chi connectivity index (χ0v) is 14.7. The minimum Gasteiger partial charge on any atom is -0.464 e. The van der Waals surface area contributed by atoms with Crippen molar-refractivity contribution in [1.29, 1.82) is 0 Å². The summed E-state index contributed by atoms with van der Waals surface area (Å²) in [6, 6.07) is -0.661. The number of alkyl carbamates (subject to hydrolysis) is 1. The molecular formula is C12H24Cl2N2O4S. The van der Waals surface area contributed by atoms with E-state index in [0.717, 1.165) is 5.75 Å². The Morgan fingerprint density at radius 2 is 2.00 bits per heavy atom. The number of thioether (sulfide) groups is 1. The van der Waals surface area contributed by atoms with Crippen LogP contribution in [-0.4, -0.2) is 62.3 Å². The first-order valence-corrected chi connectivity index (χ1v) is 8.44. The van der Waals surface area contributed by atoms with Gasteiger partial charge in [0.1, 0.15) is 12.6 Å². The number of rotatable bonds is 11. The molecule has 0 aliphatic heterocycles. The van der Waals surface area contributed by atoms with Gasteiger partial charge in [-0.25, -0.2) is 9.59 Å². The van der Waals surface area contributed by atoms with E-state index in [-0.39, 0.29) is 25.6 Å². The standard InChI is InChI=1S/C12H23ClN2O4S.ClH/c1-3-18-11(16)10(4-9-20-2)15-12(17)19-8-7-14-6-5-13;/h10,14H,3-9H2,1-2H3,(H,15,17);1H/t10-;/m0./s1. The number of halogens is 2. The molecule has 0 aromatic rings. The van der Waals surface area contributed by atoms with Gasteiger partial charge in [-0.3, -0.25) is 0 Å². The van der Waals surface area contributed by atoms with Gasteiger partial charge >= 0.3 is 12.1 Å². The summed E-state index contributed by atoms with van der Waals surface area (Å²) in [7, 11) is 0. The molecule has 0 aliphatic carbocycles. The van der Waals surface area contributed by atoms with Crippen molar-refractivity contribution in [2.24, 2.45) is 0 Å². The van der Waals surface area contributed by atoms with Gasteiger partial charge in [-0.1, -0.05) is 0 Å². The Labute approximate surface area is 141 Å². The fraction of sp³-hybridized carbons (Fsp3) is 0.833. The Hall–Kier alpha value is -0.370. The molecule has 0 saturated heterocycles. The molecule has 0 aromatic heterocycles. The summed E-state index contributed by atoms with van der Waals surface area (Å²) in [6.07, 6.45) is 1.83. The second-order valence-corrected chi connectivity index (χ2v) is 5.17. The Morgan fingerprint density at radius 3 is 2.57 bits per heavy atom. The van der Waals surface area contributed by atoms with E-state index in [9.17, 15) is 9.59 Å². The molecule has 6 nitrogen and oxygen atoms in total. The van der Waals surface area contributed by atoms with Gasteiger partial charge in [0.25, 0.3) is 0 Å². The van der Waals surface area contributed by atoms with Gasteiger partial charge < -0.3 is 20.1 Å². The molecule has 0 spiro atoms. The van der Waals surface area contributed by atoms with Crippen molar-refractivity contribution in [3.05, 3.63) is 0 Å². The van der Waals surface area contributed by atoms with Crippen molar-refractivity contribution >= 4 is 47.8 Å². The van der Waals surface area contributed by atoms with E-state index in [2.05, 4.69) is 10.6 Å². The topological polar surface area (TPSA) is 76.7 Å². The van der Waals surface area contributed by atoms with E-state index >= 15 is 0 Å². The number of esters is 1. The highest BCUT2D eigenvalue weighted by Crippen LogP contribution is 2.03. The second kappa shape index (κ2) is 16.0. The highest BCUT2D eigenvalue weighted by Gasteiger charge is 2.22. The smallest absolute Gasteiger partial charge is 0.407 e. The maximum Gasteiger partial charge on any atom is 0.407 e. The predicted molar refractivity (Wildman–Crippen MR) is 88.7 cm³/mol. The van der Waals surface area contributed by atoms with Gasteiger partial charge in [0.15, 0.2) is 0 Å². The first kappa shape index (κ1) is 22.9. The van der Waals surface area contributed by atoms with Crippen molar-refractivity contribution in [2.75, 3.05) is 44.2 Å². The summed E-state index contributed by atoms with van der Waals surface area (Å²) < 4.78 is 9.87. The third-order valence-corrected chi connectivity index (χ3v) is 3.09. The molecule has 0 saturated carbocycles. The fourth-order valence-electron chi connectivity index (χ4n) is 1.32. The van der Waals surface area contributed by atoms with Gasteiger partial charge in [0.05, 0.1) is 6.61 Å². The molecule has 21 heavy (non-hydrogen) atoms. The van der Waals surface area contributed by atoms with Crippen LogP contribution < -0.4 is 10.6 Å². The summed E-state index contributed by atoms with van der Waals surface area (Å²) in [5.41, 5.74) is 0. The molecule has 126 valence electrons. The van der Waals surface area contributed by atoms with E-state index in [1.54, 1.807) is 18.7 Å². The Bertz CT molecular complexity index is 286. The molecule has 1 atom stereocenters. The number of carbonyl (C=O) groups excluding carboxylic acids is 2. The fourth-order valence-corrected chi connectivity index (χ4v) is 1.92. The third kappa shape index (κ3) is 13.0. The first-order valence-electron chi connectivity index (χ1n) is 6.51. The summed E-state index contributed by atoms with van der Waals surface area (Å²) in [4.78, 5) is 23.2. The van der Waals surface area contributed by atoms with Crippen LogP contribution in [0.1, 0.15) is 13.3 Å². The van der Waals surface area contributed by atoms with Crippen LogP contribution in [0, 0.1) is 0 Å². The van der Waals surface area contributed by atoms with Crippen LogP contribution in [0.15, 0.2) is 0 Å². The number of alkyl halides is 1. The molecule has 0 unspecified atom stereocenters. The molecule has 0 rings (SSSR count). The average Bonchev–Trinajstić information content (AvgIpc) is 2.43. The van der Waals surface area contributed by atoms with Crippen molar-refractivity contribution in [3.63, 3.8) is 0 Å². The van der Waals surface area contributed by atoms with Gasteiger partial charge in [-0.05, 0) is 25.4 Å². The maximum atomic E-state index is 11.7. The third-order valence-electron chi connectivity index (χ3n) is 2.26. The van der Waals surface area contributed by atoms with Crippen LogP contribution in [0.5, 0.6) is 0 Å². The van der Waals surface area contributed by atoms with E-state index < -0.39 is 18.1 Å². The monoisotopic (exact) mass is 362 g/mol. The van der Waals surface area contributed by atoms with Crippen LogP contribution in [0.4, 0.5) is 4.79 Å². The van der Waals surface area contributed by atoms with Gasteiger partial charge in [-0.15, -0.1) is 24.0 Å². The molecule has 0 aliphatic rings. The highest BCUT2D eigenvalue weighted by molar-refractivity contribution is 7.98. The van der Waals surface area contributed by atoms with Crippen molar-refractivity contribution < 1.29 is 19.1 Å². The zero-order valence-electron chi connectivity index (χ0n) is 12.4.